The molecule has 5 nitrogen and oxygen atoms in total. The largest absolute Gasteiger partial charge is 0.295 e. The molecule has 0 saturated carbocycles. The molecule has 7 heteroatoms. The quantitative estimate of drug-likeness (QED) is 0.856. The van der Waals surface area contributed by atoms with Gasteiger partial charge >= 0.3 is 0 Å². The number of sulfonamides is 1. The van der Waals surface area contributed by atoms with Crippen LogP contribution in [0.15, 0.2) is 52.1 Å². The van der Waals surface area contributed by atoms with Crippen LogP contribution in [0.1, 0.15) is 17.3 Å². The molecule has 0 spiro atoms. The van der Waals surface area contributed by atoms with Crippen molar-refractivity contribution in [1.29, 1.82) is 0 Å². The van der Waals surface area contributed by atoms with E-state index in [4.69, 9.17) is 0 Å². The van der Waals surface area contributed by atoms with Crippen LogP contribution in [0.5, 0.6) is 0 Å². The molecule has 1 aromatic carbocycles. The molecular formula is C13H11BrN2O3S. The number of pyridine rings is 1. The summed E-state index contributed by atoms with van der Waals surface area (Å²) in [5, 5.41) is 0. The number of anilines is 1. The van der Waals surface area contributed by atoms with Gasteiger partial charge in [-0.2, -0.15) is 0 Å². The van der Waals surface area contributed by atoms with Gasteiger partial charge in [-0.1, -0.05) is 12.1 Å². The number of aromatic nitrogens is 1. The molecule has 0 aliphatic carbocycles. The van der Waals surface area contributed by atoms with E-state index >= 15 is 0 Å². The van der Waals surface area contributed by atoms with Crippen LogP contribution in [0.25, 0.3) is 0 Å². The predicted octanol–water partition coefficient (Wildman–Crippen LogP) is 2.85. The number of hydrogen-bond donors (Lipinski definition) is 1. The molecule has 0 aliphatic heterocycles. The average Bonchev–Trinajstić information content (AvgIpc) is 2.41. The molecule has 1 aromatic heterocycles. The Balaban J connectivity index is 2.38. The molecule has 1 N–H and O–H groups in total. The van der Waals surface area contributed by atoms with Crippen LogP contribution in [0, 0.1) is 0 Å². The van der Waals surface area contributed by atoms with Crippen LogP contribution < -0.4 is 4.72 Å². The van der Waals surface area contributed by atoms with Gasteiger partial charge in [-0.15, -0.1) is 0 Å². The van der Waals surface area contributed by atoms with Crippen molar-refractivity contribution in [3.05, 3.63) is 52.8 Å². The Morgan fingerprint density at radius 1 is 1.30 bits per heavy atom. The van der Waals surface area contributed by atoms with Gasteiger partial charge in [-0.3, -0.25) is 14.5 Å². The van der Waals surface area contributed by atoms with E-state index < -0.39 is 10.0 Å². The molecule has 104 valence electrons. The Kier molecular flexibility index (Phi) is 4.20. The molecule has 0 radical (unpaired) electrons. The van der Waals surface area contributed by atoms with Crippen molar-refractivity contribution in [2.24, 2.45) is 0 Å². The number of ketones is 1. The van der Waals surface area contributed by atoms with Gasteiger partial charge < -0.3 is 0 Å². The highest BCUT2D eigenvalue weighted by Crippen LogP contribution is 2.23. The van der Waals surface area contributed by atoms with E-state index in [1.54, 1.807) is 6.07 Å². The predicted molar refractivity (Wildman–Crippen MR) is 79.2 cm³/mol. The van der Waals surface area contributed by atoms with Crippen molar-refractivity contribution in [1.82, 2.24) is 4.98 Å². The summed E-state index contributed by atoms with van der Waals surface area (Å²) in [6.07, 6.45) is 2.97. The van der Waals surface area contributed by atoms with Gasteiger partial charge in [-0.25, -0.2) is 8.42 Å². The fraction of sp³-hybridized carbons (Fsp3) is 0.0769. The number of carbonyl (C=O) groups excluding carboxylic acids is 1. The maximum Gasteiger partial charge on any atom is 0.261 e. The van der Waals surface area contributed by atoms with Gasteiger partial charge in [0.2, 0.25) is 0 Å². The second-order valence-electron chi connectivity index (χ2n) is 4.05. The molecule has 0 bridgehead atoms. The molecule has 0 aliphatic rings. The number of carbonyl (C=O) groups is 1. The number of hydrogen-bond acceptors (Lipinski definition) is 4. The smallest absolute Gasteiger partial charge is 0.261 e. The summed E-state index contributed by atoms with van der Waals surface area (Å²) in [6.45, 7) is 1.39. The zero-order valence-electron chi connectivity index (χ0n) is 10.5. The van der Waals surface area contributed by atoms with Crippen LogP contribution in [0.3, 0.4) is 0 Å². The van der Waals surface area contributed by atoms with E-state index in [2.05, 4.69) is 25.6 Å². The third-order valence-electron chi connectivity index (χ3n) is 2.57. The maximum absolute atomic E-state index is 12.3. The van der Waals surface area contributed by atoms with E-state index in [0.717, 1.165) is 0 Å². The molecule has 2 aromatic rings. The normalized spacial score (nSPS) is 11.1. The second kappa shape index (κ2) is 5.72. The lowest BCUT2D eigenvalue weighted by atomic mass is 10.2. The Labute approximate surface area is 125 Å². The topological polar surface area (TPSA) is 76.1 Å². The summed E-state index contributed by atoms with van der Waals surface area (Å²) < 4.78 is 27.5. The fourth-order valence-electron chi connectivity index (χ4n) is 1.54. The van der Waals surface area contributed by atoms with E-state index in [1.807, 2.05) is 0 Å². The molecule has 0 fully saturated rings. The van der Waals surface area contributed by atoms with Crippen LogP contribution >= 0.6 is 15.9 Å². The zero-order chi connectivity index (χ0) is 14.8. The van der Waals surface area contributed by atoms with E-state index in [0.29, 0.717) is 15.7 Å². The van der Waals surface area contributed by atoms with Crippen LogP contribution in [0.4, 0.5) is 5.69 Å². The summed E-state index contributed by atoms with van der Waals surface area (Å²) in [4.78, 5) is 15.2. The SMILES string of the molecule is CC(=O)c1cccc(S(=O)(=O)Nc2ccncc2Br)c1. The summed E-state index contributed by atoms with van der Waals surface area (Å²) in [6, 6.07) is 7.43. The molecular weight excluding hydrogens is 344 g/mol. The third kappa shape index (κ3) is 3.23. The summed E-state index contributed by atoms with van der Waals surface area (Å²) in [7, 11) is -3.75. The lowest BCUT2D eigenvalue weighted by Gasteiger charge is -2.09. The minimum Gasteiger partial charge on any atom is -0.295 e. The number of rotatable bonds is 4. The van der Waals surface area contributed by atoms with Crippen molar-refractivity contribution in [3.63, 3.8) is 0 Å². The molecule has 1 heterocycles. The van der Waals surface area contributed by atoms with Crippen molar-refractivity contribution in [2.45, 2.75) is 11.8 Å². The first-order chi connectivity index (χ1) is 9.40. The van der Waals surface area contributed by atoms with Gasteiger partial charge in [0, 0.05) is 18.0 Å². The first kappa shape index (κ1) is 14.7. The summed E-state index contributed by atoms with van der Waals surface area (Å²) in [5.74, 6) is -0.188. The van der Waals surface area contributed by atoms with Gasteiger partial charge in [0.15, 0.2) is 5.78 Å². The number of halogens is 1. The van der Waals surface area contributed by atoms with E-state index in [-0.39, 0.29) is 10.7 Å². The number of nitrogens with one attached hydrogen (secondary N) is 1. The van der Waals surface area contributed by atoms with Crippen molar-refractivity contribution < 1.29 is 13.2 Å². The second-order valence-corrected chi connectivity index (χ2v) is 6.58. The van der Waals surface area contributed by atoms with Crippen LogP contribution in [0.2, 0.25) is 0 Å². The fourth-order valence-corrected chi connectivity index (χ4v) is 3.15. The van der Waals surface area contributed by atoms with E-state index in [1.165, 1.54) is 43.6 Å². The lowest BCUT2D eigenvalue weighted by molar-refractivity contribution is 0.101. The number of nitrogens with zero attached hydrogens (tertiary/aromatic N) is 1. The van der Waals surface area contributed by atoms with Crippen LogP contribution in [-0.2, 0) is 10.0 Å². The molecule has 0 amide bonds. The number of Topliss-reactive ketones (excluding diaryl/α,β-unsaturated/α-hetero) is 1. The van der Waals surface area contributed by atoms with E-state index in [9.17, 15) is 13.2 Å². The molecule has 0 atom stereocenters. The third-order valence-corrected chi connectivity index (χ3v) is 4.56. The molecule has 0 unspecified atom stereocenters. The maximum atomic E-state index is 12.3. The van der Waals surface area contributed by atoms with Crippen LogP contribution in [-0.4, -0.2) is 19.2 Å². The lowest BCUT2D eigenvalue weighted by Crippen LogP contribution is -2.14. The zero-order valence-corrected chi connectivity index (χ0v) is 12.9. The molecule has 20 heavy (non-hydrogen) atoms. The Morgan fingerprint density at radius 3 is 2.70 bits per heavy atom. The Morgan fingerprint density at radius 2 is 2.05 bits per heavy atom. The highest BCUT2D eigenvalue weighted by atomic mass is 79.9. The minimum atomic E-state index is -3.75. The molecule has 0 saturated heterocycles. The van der Waals surface area contributed by atoms with Crippen molar-refractivity contribution in [2.75, 3.05) is 4.72 Å². The van der Waals surface area contributed by atoms with Gasteiger partial charge in [0.25, 0.3) is 10.0 Å². The summed E-state index contributed by atoms with van der Waals surface area (Å²) in [5.41, 5.74) is 0.731. The van der Waals surface area contributed by atoms with Gasteiger partial charge in [-0.05, 0) is 41.1 Å². The first-order valence-corrected chi connectivity index (χ1v) is 7.91. The average molecular weight is 355 g/mol. The Bertz CT molecular complexity index is 760. The standard InChI is InChI=1S/C13H11BrN2O3S/c1-9(17)10-3-2-4-11(7-10)20(18,19)16-13-5-6-15-8-12(13)14/h2-8H,1H3,(H,15,16). The monoisotopic (exact) mass is 354 g/mol. The van der Waals surface area contributed by atoms with Crippen molar-refractivity contribution in [3.8, 4) is 0 Å². The Hall–Kier alpha value is -1.73. The first-order valence-electron chi connectivity index (χ1n) is 5.63. The van der Waals surface area contributed by atoms with Gasteiger partial charge in [0.1, 0.15) is 0 Å². The minimum absolute atomic E-state index is 0.0360. The molecule has 2 rings (SSSR count). The van der Waals surface area contributed by atoms with Gasteiger partial charge in [0.05, 0.1) is 15.1 Å². The summed E-state index contributed by atoms with van der Waals surface area (Å²) >= 11 is 3.22. The highest BCUT2D eigenvalue weighted by Gasteiger charge is 2.16. The number of benzene rings is 1. The van der Waals surface area contributed by atoms with Crippen molar-refractivity contribution >= 4 is 37.4 Å². The highest BCUT2D eigenvalue weighted by molar-refractivity contribution is 9.10.